The minimum atomic E-state index is -0.150. The lowest BCUT2D eigenvalue weighted by Crippen LogP contribution is -2.28. The Balaban J connectivity index is 2.13. The number of halogens is 1. The van der Waals surface area contributed by atoms with Crippen LogP contribution in [0.25, 0.3) is 0 Å². The topological polar surface area (TPSA) is 59.8 Å². The summed E-state index contributed by atoms with van der Waals surface area (Å²) in [6.07, 6.45) is 2.15. The first-order valence-electron chi connectivity index (χ1n) is 4.04. The third-order valence-corrected chi connectivity index (χ3v) is 2.19. The molecule has 1 amide bonds. The van der Waals surface area contributed by atoms with E-state index in [9.17, 15) is 4.79 Å². The fourth-order valence-corrected chi connectivity index (χ4v) is 1.43. The van der Waals surface area contributed by atoms with Gasteiger partial charge in [0.05, 0.1) is 0 Å². The number of carbonyl (C=O) groups excluding carboxylic acids is 1. The maximum atomic E-state index is 11.5. The molecule has 1 fully saturated rings. The van der Waals surface area contributed by atoms with Gasteiger partial charge in [-0.15, -0.1) is 5.10 Å². The lowest BCUT2D eigenvalue weighted by atomic mass is 10.5. The minimum Gasteiger partial charge on any atom is -0.347 e. The van der Waals surface area contributed by atoms with E-state index in [1.54, 1.807) is 7.05 Å². The van der Waals surface area contributed by atoms with Gasteiger partial charge in [-0.25, -0.2) is 4.68 Å². The van der Waals surface area contributed by atoms with Gasteiger partial charge in [0, 0.05) is 13.1 Å². The summed E-state index contributed by atoms with van der Waals surface area (Å²) < 4.78 is 1.90. The van der Waals surface area contributed by atoms with Crippen molar-refractivity contribution in [1.82, 2.24) is 20.1 Å². The number of nitrogens with one attached hydrogen (secondary N) is 1. The van der Waals surface area contributed by atoms with E-state index < -0.39 is 0 Å². The van der Waals surface area contributed by atoms with Crippen molar-refractivity contribution < 1.29 is 4.79 Å². The predicted octanol–water partition coefficient (Wildman–Crippen LogP) is 0.470. The van der Waals surface area contributed by atoms with E-state index in [2.05, 4.69) is 31.3 Å². The van der Waals surface area contributed by atoms with E-state index >= 15 is 0 Å². The minimum absolute atomic E-state index is 0.150. The molecule has 0 unspecified atom stereocenters. The zero-order valence-corrected chi connectivity index (χ0v) is 8.71. The van der Waals surface area contributed by atoms with Gasteiger partial charge in [0.15, 0.2) is 0 Å². The Morgan fingerprint density at radius 3 is 2.85 bits per heavy atom. The van der Waals surface area contributed by atoms with E-state index in [-0.39, 0.29) is 5.91 Å². The summed E-state index contributed by atoms with van der Waals surface area (Å²) in [6, 6.07) is 0.350. The highest BCUT2D eigenvalue weighted by Crippen LogP contribution is 2.19. The first-order chi connectivity index (χ1) is 6.16. The van der Waals surface area contributed by atoms with Gasteiger partial charge in [-0.2, -0.15) is 4.98 Å². The van der Waals surface area contributed by atoms with Crippen LogP contribution in [-0.2, 0) is 7.05 Å². The van der Waals surface area contributed by atoms with Crippen LogP contribution in [0, 0.1) is 0 Å². The standard InChI is InChI=1S/C7H9BrN4O/c1-12-5(10-7(8)11-12)6(13)9-4-2-3-4/h4H,2-3H2,1H3,(H,9,13). The van der Waals surface area contributed by atoms with Crippen LogP contribution < -0.4 is 5.32 Å². The molecule has 5 nitrogen and oxygen atoms in total. The first-order valence-corrected chi connectivity index (χ1v) is 4.83. The Bertz CT molecular complexity index is 344. The number of amides is 1. The first kappa shape index (κ1) is 8.68. The van der Waals surface area contributed by atoms with Gasteiger partial charge in [-0.3, -0.25) is 4.79 Å². The molecule has 2 rings (SSSR count). The summed E-state index contributed by atoms with van der Waals surface area (Å²) in [6.45, 7) is 0. The molecule has 1 heterocycles. The molecule has 0 bridgehead atoms. The van der Waals surface area contributed by atoms with Crippen molar-refractivity contribution in [3.05, 3.63) is 10.6 Å². The highest BCUT2D eigenvalue weighted by molar-refractivity contribution is 9.10. The number of hydrogen-bond donors (Lipinski definition) is 1. The Labute approximate surface area is 83.7 Å². The number of aryl methyl sites for hydroxylation is 1. The Morgan fingerprint density at radius 2 is 2.38 bits per heavy atom. The molecule has 1 N–H and O–H groups in total. The Kier molecular flexibility index (Phi) is 2.07. The second-order valence-corrected chi connectivity index (χ2v) is 3.79. The third-order valence-electron chi connectivity index (χ3n) is 1.85. The summed E-state index contributed by atoms with van der Waals surface area (Å²) in [5, 5.41) is 6.76. The molecule has 1 aliphatic rings. The number of hydrogen-bond acceptors (Lipinski definition) is 3. The largest absolute Gasteiger partial charge is 0.347 e. The quantitative estimate of drug-likeness (QED) is 0.823. The number of nitrogens with zero attached hydrogens (tertiary/aromatic N) is 3. The fraction of sp³-hybridized carbons (Fsp3) is 0.571. The molecule has 0 spiro atoms. The predicted molar refractivity (Wildman–Crippen MR) is 49.2 cm³/mol. The molecule has 6 heteroatoms. The van der Waals surface area contributed by atoms with E-state index in [1.807, 2.05) is 0 Å². The summed E-state index contributed by atoms with van der Waals surface area (Å²) in [5.41, 5.74) is 0. The molecule has 0 radical (unpaired) electrons. The van der Waals surface area contributed by atoms with E-state index in [0.717, 1.165) is 12.8 Å². The smallest absolute Gasteiger partial charge is 0.289 e. The van der Waals surface area contributed by atoms with Crippen molar-refractivity contribution in [3.63, 3.8) is 0 Å². The van der Waals surface area contributed by atoms with Crippen molar-refractivity contribution >= 4 is 21.8 Å². The molecule has 1 saturated carbocycles. The van der Waals surface area contributed by atoms with Crippen molar-refractivity contribution in [1.29, 1.82) is 0 Å². The van der Waals surface area contributed by atoms with Crippen LogP contribution in [0.1, 0.15) is 23.5 Å². The lowest BCUT2D eigenvalue weighted by Gasteiger charge is -2.00. The van der Waals surface area contributed by atoms with Gasteiger partial charge in [0.1, 0.15) is 0 Å². The van der Waals surface area contributed by atoms with Crippen molar-refractivity contribution in [2.75, 3.05) is 0 Å². The molecular formula is C7H9BrN4O. The summed E-state index contributed by atoms with van der Waals surface area (Å²) in [4.78, 5) is 15.4. The van der Waals surface area contributed by atoms with Gasteiger partial charge in [-0.1, -0.05) is 0 Å². The van der Waals surface area contributed by atoms with Crippen LogP contribution in [0.15, 0.2) is 4.73 Å². The number of aromatic nitrogens is 3. The number of carbonyl (C=O) groups is 1. The van der Waals surface area contributed by atoms with Crippen LogP contribution in [0.5, 0.6) is 0 Å². The zero-order valence-electron chi connectivity index (χ0n) is 7.12. The van der Waals surface area contributed by atoms with Crippen molar-refractivity contribution in [2.24, 2.45) is 7.05 Å². The molecule has 0 aliphatic heterocycles. The van der Waals surface area contributed by atoms with Crippen molar-refractivity contribution in [3.8, 4) is 0 Å². The fourth-order valence-electron chi connectivity index (χ4n) is 1.03. The average Bonchev–Trinajstić information content (AvgIpc) is 2.77. The molecule has 1 aromatic heterocycles. The lowest BCUT2D eigenvalue weighted by molar-refractivity contribution is 0.0936. The van der Waals surface area contributed by atoms with E-state index in [0.29, 0.717) is 16.6 Å². The zero-order chi connectivity index (χ0) is 9.42. The van der Waals surface area contributed by atoms with E-state index in [4.69, 9.17) is 0 Å². The van der Waals surface area contributed by atoms with Gasteiger partial charge in [-0.05, 0) is 28.8 Å². The highest BCUT2D eigenvalue weighted by Gasteiger charge is 2.25. The summed E-state index contributed by atoms with van der Waals surface area (Å²) in [5.74, 6) is 0.196. The van der Waals surface area contributed by atoms with Crippen LogP contribution in [0.4, 0.5) is 0 Å². The summed E-state index contributed by atoms with van der Waals surface area (Å²) in [7, 11) is 1.69. The van der Waals surface area contributed by atoms with Gasteiger partial charge >= 0.3 is 0 Å². The van der Waals surface area contributed by atoms with Gasteiger partial charge in [0.25, 0.3) is 5.91 Å². The SMILES string of the molecule is Cn1nc(Br)nc1C(=O)NC1CC1. The normalized spacial score (nSPS) is 15.8. The van der Waals surface area contributed by atoms with Crippen LogP contribution in [0.3, 0.4) is 0 Å². The van der Waals surface area contributed by atoms with Gasteiger partial charge < -0.3 is 5.32 Å². The molecule has 0 atom stereocenters. The van der Waals surface area contributed by atoms with Gasteiger partial charge in [0.2, 0.25) is 10.6 Å². The second-order valence-electron chi connectivity index (χ2n) is 3.08. The number of rotatable bonds is 2. The molecule has 1 aromatic rings. The monoisotopic (exact) mass is 244 g/mol. The summed E-state index contributed by atoms with van der Waals surface area (Å²) >= 11 is 3.11. The second kappa shape index (κ2) is 3.10. The van der Waals surface area contributed by atoms with Crippen LogP contribution in [-0.4, -0.2) is 26.7 Å². The molecule has 70 valence electrons. The third kappa shape index (κ3) is 1.88. The molecule has 1 aliphatic carbocycles. The molecular weight excluding hydrogens is 236 g/mol. The molecule has 0 saturated heterocycles. The average molecular weight is 245 g/mol. The Morgan fingerprint density at radius 1 is 1.69 bits per heavy atom. The molecule has 0 aromatic carbocycles. The Hall–Kier alpha value is -0.910. The van der Waals surface area contributed by atoms with Crippen LogP contribution in [0.2, 0.25) is 0 Å². The van der Waals surface area contributed by atoms with E-state index in [1.165, 1.54) is 4.68 Å². The maximum Gasteiger partial charge on any atom is 0.289 e. The molecule has 13 heavy (non-hydrogen) atoms. The van der Waals surface area contributed by atoms with Crippen LogP contribution >= 0.6 is 15.9 Å². The van der Waals surface area contributed by atoms with Crippen molar-refractivity contribution in [2.45, 2.75) is 18.9 Å². The highest BCUT2D eigenvalue weighted by atomic mass is 79.9. The maximum absolute atomic E-state index is 11.5.